The van der Waals surface area contributed by atoms with Crippen LogP contribution in [0.25, 0.3) is 10.6 Å². The molecular formula is C13H16BrN3S. The average molecular weight is 326 g/mol. The smallest absolute Gasteiger partial charge is 0.147 e. The van der Waals surface area contributed by atoms with Crippen molar-refractivity contribution >= 4 is 27.3 Å². The summed E-state index contributed by atoms with van der Waals surface area (Å²) in [5, 5.41) is 13.9. The van der Waals surface area contributed by atoms with E-state index in [9.17, 15) is 0 Å². The van der Waals surface area contributed by atoms with Crippen molar-refractivity contribution in [1.29, 1.82) is 0 Å². The van der Waals surface area contributed by atoms with E-state index in [1.807, 2.05) is 12.1 Å². The Hall–Kier alpha value is -0.780. The highest BCUT2D eigenvalue weighted by molar-refractivity contribution is 9.10. The summed E-state index contributed by atoms with van der Waals surface area (Å²) >= 11 is 5.12. The number of nitrogens with zero attached hydrogens (tertiary/aromatic N) is 2. The number of hydrogen-bond donors (Lipinski definition) is 1. The van der Waals surface area contributed by atoms with Crippen LogP contribution in [-0.4, -0.2) is 23.3 Å². The van der Waals surface area contributed by atoms with Gasteiger partial charge < -0.3 is 5.32 Å². The van der Waals surface area contributed by atoms with E-state index in [4.69, 9.17) is 0 Å². The molecule has 0 radical (unpaired) electrons. The van der Waals surface area contributed by atoms with Crippen LogP contribution in [0.1, 0.15) is 18.4 Å². The molecule has 0 saturated heterocycles. The molecule has 1 aromatic heterocycles. The summed E-state index contributed by atoms with van der Waals surface area (Å²) in [6.07, 6.45) is 2.12. The fraction of sp³-hybridized carbons (Fsp3) is 0.385. The van der Waals surface area contributed by atoms with E-state index in [0.717, 1.165) is 46.0 Å². The summed E-state index contributed by atoms with van der Waals surface area (Å²) in [6, 6.07) is 8.18. The highest BCUT2D eigenvalue weighted by atomic mass is 79.9. The molecule has 1 aromatic carbocycles. The second-order valence-corrected chi connectivity index (χ2v) is 5.94. The van der Waals surface area contributed by atoms with Gasteiger partial charge in [0.1, 0.15) is 10.0 Å². The van der Waals surface area contributed by atoms with Crippen molar-refractivity contribution in [2.24, 2.45) is 0 Å². The molecule has 1 N–H and O–H groups in total. The second kappa shape index (κ2) is 6.97. The first-order chi connectivity index (χ1) is 8.79. The predicted molar refractivity (Wildman–Crippen MR) is 79.9 cm³/mol. The number of rotatable bonds is 6. The van der Waals surface area contributed by atoms with Crippen molar-refractivity contribution in [3.63, 3.8) is 0 Å². The van der Waals surface area contributed by atoms with Gasteiger partial charge >= 0.3 is 0 Å². The van der Waals surface area contributed by atoms with Gasteiger partial charge in [0.05, 0.1) is 0 Å². The molecular weight excluding hydrogens is 310 g/mol. The maximum atomic E-state index is 4.25. The van der Waals surface area contributed by atoms with Crippen LogP contribution in [0.3, 0.4) is 0 Å². The minimum atomic E-state index is 1.00. The minimum absolute atomic E-state index is 1.00. The fourth-order valence-electron chi connectivity index (χ4n) is 1.61. The van der Waals surface area contributed by atoms with Crippen LogP contribution in [-0.2, 0) is 6.42 Å². The lowest BCUT2D eigenvalue weighted by Gasteiger charge is -1.98. The average Bonchev–Trinajstić information content (AvgIpc) is 2.84. The van der Waals surface area contributed by atoms with E-state index < -0.39 is 0 Å². The molecule has 0 fully saturated rings. The van der Waals surface area contributed by atoms with Crippen molar-refractivity contribution in [2.75, 3.05) is 13.1 Å². The summed E-state index contributed by atoms with van der Waals surface area (Å²) < 4.78 is 1.08. The van der Waals surface area contributed by atoms with Crippen LogP contribution in [0.2, 0.25) is 0 Å². The first-order valence-electron chi connectivity index (χ1n) is 6.08. The Bertz CT molecular complexity index is 481. The number of aryl methyl sites for hydroxylation is 1. The zero-order valence-electron chi connectivity index (χ0n) is 10.3. The molecule has 2 aromatic rings. The molecule has 0 unspecified atom stereocenters. The molecule has 3 nitrogen and oxygen atoms in total. The van der Waals surface area contributed by atoms with Crippen molar-refractivity contribution in [3.8, 4) is 10.6 Å². The zero-order chi connectivity index (χ0) is 12.8. The van der Waals surface area contributed by atoms with Gasteiger partial charge in [-0.15, -0.1) is 10.2 Å². The lowest BCUT2D eigenvalue weighted by Crippen LogP contribution is -2.14. The normalized spacial score (nSPS) is 10.8. The number of halogens is 1. The zero-order valence-corrected chi connectivity index (χ0v) is 12.7. The number of benzene rings is 1. The fourth-order valence-corrected chi connectivity index (χ4v) is 2.76. The molecule has 0 aliphatic carbocycles. The maximum Gasteiger partial charge on any atom is 0.147 e. The van der Waals surface area contributed by atoms with E-state index >= 15 is 0 Å². The van der Waals surface area contributed by atoms with Crippen LogP contribution < -0.4 is 5.32 Å². The molecule has 0 spiro atoms. The third-order valence-electron chi connectivity index (χ3n) is 2.55. The molecule has 0 amide bonds. The lowest BCUT2D eigenvalue weighted by molar-refractivity contribution is 0.669. The van der Waals surface area contributed by atoms with Gasteiger partial charge in [-0.2, -0.15) is 0 Å². The molecule has 96 valence electrons. The van der Waals surface area contributed by atoms with E-state index in [-0.39, 0.29) is 0 Å². The Morgan fingerprint density at radius 1 is 1.22 bits per heavy atom. The van der Waals surface area contributed by atoms with Crippen molar-refractivity contribution < 1.29 is 0 Å². The molecule has 0 aliphatic heterocycles. The first kappa shape index (κ1) is 13.6. The molecule has 1 heterocycles. The Kier molecular flexibility index (Phi) is 5.28. The molecule has 0 bridgehead atoms. The Labute approximate surface area is 120 Å². The molecule has 18 heavy (non-hydrogen) atoms. The van der Waals surface area contributed by atoms with Gasteiger partial charge in [-0.3, -0.25) is 0 Å². The molecule has 0 saturated carbocycles. The molecule has 2 rings (SSSR count). The van der Waals surface area contributed by atoms with Gasteiger partial charge in [0, 0.05) is 16.5 Å². The highest BCUT2D eigenvalue weighted by Crippen LogP contribution is 2.25. The van der Waals surface area contributed by atoms with E-state index in [2.05, 4.69) is 50.5 Å². The Morgan fingerprint density at radius 3 is 2.72 bits per heavy atom. The largest absolute Gasteiger partial charge is 0.317 e. The van der Waals surface area contributed by atoms with Crippen molar-refractivity contribution in [2.45, 2.75) is 19.8 Å². The summed E-state index contributed by atoms with van der Waals surface area (Å²) in [4.78, 5) is 0. The van der Waals surface area contributed by atoms with E-state index in [1.54, 1.807) is 11.3 Å². The summed E-state index contributed by atoms with van der Waals surface area (Å²) in [7, 11) is 0. The van der Waals surface area contributed by atoms with Gasteiger partial charge in [-0.1, -0.05) is 46.3 Å². The summed E-state index contributed by atoms with van der Waals surface area (Å²) in [5.41, 5.74) is 1.13. The van der Waals surface area contributed by atoms with Gasteiger partial charge in [-0.05, 0) is 31.6 Å². The summed E-state index contributed by atoms with van der Waals surface area (Å²) in [5.74, 6) is 0. The van der Waals surface area contributed by atoms with Crippen LogP contribution in [0.15, 0.2) is 28.7 Å². The molecule has 0 aliphatic rings. The number of aromatic nitrogens is 2. The predicted octanol–water partition coefficient (Wildman–Crippen LogP) is 3.51. The topological polar surface area (TPSA) is 37.8 Å². The third-order valence-corrected chi connectivity index (χ3v) is 4.11. The van der Waals surface area contributed by atoms with E-state index in [1.165, 1.54) is 0 Å². The monoisotopic (exact) mass is 325 g/mol. The van der Waals surface area contributed by atoms with Gasteiger partial charge in [0.25, 0.3) is 0 Å². The van der Waals surface area contributed by atoms with E-state index in [0.29, 0.717) is 0 Å². The van der Waals surface area contributed by atoms with Crippen LogP contribution in [0, 0.1) is 0 Å². The Balaban J connectivity index is 1.95. The van der Waals surface area contributed by atoms with Crippen LogP contribution in [0.5, 0.6) is 0 Å². The van der Waals surface area contributed by atoms with Crippen molar-refractivity contribution in [1.82, 2.24) is 15.5 Å². The van der Waals surface area contributed by atoms with Crippen molar-refractivity contribution in [3.05, 3.63) is 33.7 Å². The first-order valence-corrected chi connectivity index (χ1v) is 7.69. The molecule has 0 atom stereocenters. The molecule has 5 heteroatoms. The second-order valence-electron chi connectivity index (χ2n) is 3.96. The minimum Gasteiger partial charge on any atom is -0.317 e. The number of hydrogen-bond acceptors (Lipinski definition) is 4. The van der Waals surface area contributed by atoms with Crippen LogP contribution in [0.4, 0.5) is 0 Å². The van der Waals surface area contributed by atoms with Gasteiger partial charge in [-0.25, -0.2) is 0 Å². The van der Waals surface area contributed by atoms with Gasteiger partial charge in [0.15, 0.2) is 0 Å². The highest BCUT2D eigenvalue weighted by Gasteiger charge is 2.06. The Morgan fingerprint density at radius 2 is 2.00 bits per heavy atom. The SMILES string of the molecule is CCNCCCc1nnc(-c2ccc(Br)cc2)s1. The quantitative estimate of drug-likeness (QED) is 0.826. The maximum absolute atomic E-state index is 4.25. The van der Waals surface area contributed by atoms with Crippen LogP contribution >= 0.6 is 27.3 Å². The van der Waals surface area contributed by atoms with Gasteiger partial charge in [0.2, 0.25) is 0 Å². The summed E-state index contributed by atoms with van der Waals surface area (Å²) in [6.45, 7) is 4.19. The third kappa shape index (κ3) is 3.86. The number of nitrogens with one attached hydrogen (secondary N) is 1. The lowest BCUT2D eigenvalue weighted by atomic mass is 10.2. The standard InChI is InChI=1S/C13H16BrN3S/c1-2-15-9-3-4-12-16-17-13(18-12)10-5-7-11(14)8-6-10/h5-8,15H,2-4,9H2,1H3.